The number of methoxy groups -OCH3 is 1. The Morgan fingerprint density at radius 1 is 0.931 bits per heavy atom. The number of rotatable bonds is 4. The Balaban J connectivity index is 1.67. The van der Waals surface area contributed by atoms with Gasteiger partial charge in [0, 0.05) is 5.69 Å². The molecule has 4 aromatic rings. The fourth-order valence-electron chi connectivity index (χ4n) is 3.25. The molecule has 3 N–H and O–H groups in total. The Morgan fingerprint density at radius 3 is 2.31 bits per heavy atom. The van der Waals surface area contributed by atoms with E-state index in [9.17, 15) is 14.7 Å². The minimum absolute atomic E-state index is 0.277. The number of aromatic nitrogens is 1. The van der Waals surface area contributed by atoms with Gasteiger partial charge >= 0.3 is 0 Å². The molecule has 1 amide bonds. The van der Waals surface area contributed by atoms with Crippen molar-refractivity contribution in [1.82, 2.24) is 4.98 Å². The zero-order valence-electron chi connectivity index (χ0n) is 15.6. The summed E-state index contributed by atoms with van der Waals surface area (Å²) in [6.45, 7) is 0. The van der Waals surface area contributed by atoms with Crippen molar-refractivity contribution in [2.24, 2.45) is 0 Å². The number of anilines is 1. The first-order valence-corrected chi connectivity index (χ1v) is 8.97. The Kier molecular flexibility index (Phi) is 4.75. The van der Waals surface area contributed by atoms with E-state index < -0.39 is 17.2 Å². The molecule has 0 saturated carbocycles. The van der Waals surface area contributed by atoms with E-state index in [1.807, 2.05) is 42.5 Å². The molecule has 0 radical (unpaired) electrons. The van der Waals surface area contributed by atoms with Crippen molar-refractivity contribution >= 4 is 22.5 Å². The average molecular weight is 386 g/mol. The molecule has 0 saturated heterocycles. The van der Waals surface area contributed by atoms with Gasteiger partial charge < -0.3 is 20.1 Å². The molecule has 0 bridgehead atoms. The minimum Gasteiger partial charge on any atom is -0.506 e. The van der Waals surface area contributed by atoms with Crippen LogP contribution in [0.15, 0.2) is 77.6 Å². The number of aromatic amines is 1. The molecule has 3 aromatic carbocycles. The normalized spacial score (nSPS) is 10.7. The molecule has 1 heterocycles. The predicted octanol–water partition coefficient (Wildman–Crippen LogP) is 4.16. The summed E-state index contributed by atoms with van der Waals surface area (Å²) < 4.78 is 5.24. The van der Waals surface area contributed by atoms with Gasteiger partial charge in [-0.3, -0.25) is 9.59 Å². The number of H-pyrrole nitrogens is 1. The smallest absolute Gasteiger partial charge is 0.265 e. The third kappa shape index (κ3) is 3.43. The summed E-state index contributed by atoms with van der Waals surface area (Å²) >= 11 is 0. The lowest BCUT2D eigenvalue weighted by Gasteiger charge is -2.11. The van der Waals surface area contributed by atoms with Crippen LogP contribution in [0.2, 0.25) is 0 Å². The highest BCUT2D eigenvalue weighted by molar-refractivity contribution is 6.09. The molecule has 6 heteroatoms. The van der Waals surface area contributed by atoms with Crippen molar-refractivity contribution < 1.29 is 14.6 Å². The van der Waals surface area contributed by atoms with Crippen molar-refractivity contribution in [1.29, 1.82) is 0 Å². The summed E-state index contributed by atoms with van der Waals surface area (Å²) in [6, 6.07) is 22.0. The number of fused-ring (bicyclic) bond motifs is 1. The summed E-state index contributed by atoms with van der Waals surface area (Å²) in [5.74, 6) is -0.763. The number of hydrogen-bond donors (Lipinski definition) is 3. The lowest BCUT2D eigenvalue weighted by Crippen LogP contribution is -2.23. The van der Waals surface area contributed by atoms with Gasteiger partial charge in [0.1, 0.15) is 17.1 Å². The van der Waals surface area contributed by atoms with Crippen LogP contribution >= 0.6 is 0 Å². The third-order valence-electron chi connectivity index (χ3n) is 4.67. The molecular weight excluding hydrogens is 368 g/mol. The van der Waals surface area contributed by atoms with E-state index in [1.54, 1.807) is 30.3 Å². The van der Waals surface area contributed by atoms with E-state index in [0.29, 0.717) is 17.0 Å². The summed E-state index contributed by atoms with van der Waals surface area (Å²) in [6.07, 6.45) is 0. The Morgan fingerprint density at radius 2 is 1.62 bits per heavy atom. The number of carbonyl (C=O) groups is 1. The second-order valence-corrected chi connectivity index (χ2v) is 6.46. The van der Waals surface area contributed by atoms with Gasteiger partial charge in [-0.1, -0.05) is 48.5 Å². The van der Waals surface area contributed by atoms with Gasteiger partial charge in [-0.2, -0.15) is 0 Å². The highest BCUT2D eigenvalue weighted by Gasteiger charge is 2.21. The van der Waals surface area contributed by atoms with Crippen LogP contribution in [0, 0.1) is 0 Å². The van der Waals surface area contributed by atoms with Crippen molar-refractivity contribution in [2.75, 3.05) is 12.4 Å². The second kappa shape index (κ2) is 7.52. The molecule has 29 heavy (non-hydrogen) atoms. The predicted molar refractivity (Wildman–Crippen MR) is 113 cm³/mol. The Hall–Kier alpha value is -4.06. The van der Waals surface area contributed by atoms with E-state index >= 15 is 0 Å². The van der Waals surface area contributed by atoms with Crippen LogP contribution in [0.1, 0.15) is 10.4 Å². The van der Waals surface area contributed by atoms with Crippen molar-refractivity contribution in [3.63, 3.8) is 0 Å². The van der Waals surface area contributed by atoms with E-state index in [0.717, 1.165) is 11.1 Å². The first kappa shape index (κ1) is 18.3. The van der Waals surface area contributed by atoms with Gasteiger partial charge in [-0.25, -0.2) is 0 Å². The highest BCUT2D eigenvalue weighted by atomic mass is 16.5. The Bertz CT molecular complexity index is 1250. The summed E-state index contributed by atoms with van der Waals surface area (Å²) in [5.41, 5.74) is 1.90. The molecule has 1 aromatic heterocycles. The molecule has 0 atom stereocenters. The number of carbonyl (C=O) groups excluding carboxylic acids is 1. The number of amides is 1. The first-order chi connectivity index (χ1) is 14.1. The topological polar surface area (TPSA) is 91.4 Å². The number of nitrogens with one attached hydrogen (secondary N) is 2. The van der Waals surface area contributed by atoms with Crippen LogP contribution in [0.3, 0.4) is 0 Å². The van der Waals surface area contributed by atoms with Gasteiger partial charge in [0.2, 0.25) is 0 Å². The second-order valence-electron chi connectivity index (χ2n) is 6.46. The van der Waals surface area contributed by atoms with Crippen LogP contribution in [0.5, 0.6) is 11.5 Å². The number of hydrogen-bond acceptors (Lipinski definition) is 4. The maximum atomic E-state index is 12.7. The molecule has 0 fully saturated rings. The van der Waals surface area contributed by atoms with Gasteiger partial charge in [-0.15, -0.1) is 0 Å². The summed E-state index contributed by atoms with van der Waals surface area (Å²) in [7, 11) is 1.45. The van der Waals surface area contributed by atoms with E-state index in [2.05, 4.69) is 10.3 Å². The lowest BCUT2D eigenvalue weighted by molar-refractivity contribution is 0.102. The number of ether oxygens (including phenoxy) is 1. The van der Waals surface area contributed by atoms with E-state index in [1.165, 1.54) is 7.11 Å². The van der Waals surface area contributed by atoms with Crippen molar-refractivity contribution in [2.45, 2.75) is 0 Å². The third-order valence-corrected chi connectivity index (χ3v) is 4.67. The average Bonchev–Trinajstić information content (AvgIpc) is 2.74. The molecule has 0 aliphatic rings. The van der Waals surface area contributed by atoms with Gasteiger partial charge in [-0.05, 0) is 35.4 Å². The lowest BCUT2D eigenvalue weighted by atomic mass is 10.1. The molecular formula is C23H18N2O4. The van der Waals surface area contributed by atoms with Crippen LogP contribution in [0.25, 0.3) is 22.0 Å². The Labute approximate surface area is 166 Å². The number of aromatic hydroxyl groups is 1. The zero-order chi connectivity index (χ0) is 20.4. The molecule has 0 unspecified atom stereocenters. The van der Waals surface area contributed by atoms with E-state index in [-0.39, 0.29) is 10.9 Å². The number of benzene rings is 3. The summed E-state index contributed by atoms with van der Waals surface area (Å²) in [4.78, 5) is 27.7. The van der Waals surface area contributed by atoms with Gasteiger partial charge in [0.25, 0.3) is 11.5 Å². The maximum Gasteiger partial charge on any atom is 0.265 e. The molecule has 0 aliphatic heterocycles. The highest BCUT2D eigenvalue weighted by Crippen LogP contribution is 2.33. The molecule has 0 aliphatic carbocycles. The van der Waals surface area contributed by atoms with Crippen LogP contribution in [-0.4, -0.2) is 23.1 Å². The van der Waals surface area contributed by atoms with Crippen LogP contribution < -0.4 is 15.6 Å². The zero-order valence-corrected chi connectivity index (χ0v) is 15.6. The molecule has 144 valence electrons. The van der Waals surface area contributed by atoms with Crippen LogP contribution in [0.4, 0.5) is 5.69 Å². The monoisotopic (exact) mass is 386 g/mol. The van der Waals surface area contributed by atoms with Crippen LogP contribution in [-0.2, 0) is 0 Å². The maximum absolute atomic E-state index is 12.7. The SMILES string of the molecule is COc1cccc2[nH]c(=O)c(C(=O)Nc3ccc(-c4ccccc4)cc3)c(O)c12. The van der Waals surface area contributed by atoms with E-state index in [4.69, 9.17) is 4.74 Å². The fourth-order valence-corrected chi connectivity index (χ4v) is 3.25. The van der Waals surface area contributed by atoms with Gasteiger partial charge in [0.15, 0.2) is 0 Å². The molecule has 0 spiro atoms. The molecule has 6 nitrogen and oxygen atoms in total. The van der Waals surface area contributed by atoms with Crippen molar-refractivity contribution in [3.05, 3.63) is 88.7 Å². The van der Waals surface area contributed by atoms with Gasteiger partial charge in [0.05, 0.1) is 18.0 Å². The number of pyridine rings is 1. The summed E-state index contributed by atoms with van der Waals surface area (Å²) in [5, 5.41) is 13.6. The first-order valence-electron chi connectivity index (χ1n) is 8.97. The van der Waals surface area contributed by atoms with Crippen molar-refractivity contribution in [3.8, 4) is 22.6 Å². The quantitative estimate of drug-likeness (QED) is 0.491. The fraction of sp³-hybridized carbons (Fsp3) is 0.0435. The minimum atomic E-state index is -0.705. The largest absolute Gasteiger partial charge is 0.506 e. The standard InChI is InChI=1S/C23H18N2O4/c1-29-18-9-5-8-17-19(18)21(26)20(23(28)25-17)22(27)24-16-12-10-15(11-13-16)14-6-3-2-4-7-14/h2-13H,1H3,(H,24,27)(H2,25,26,28). The molecule has 4 rings (SSSR count).